The van der Waals surface area contributed by atoms with Crippen molar-refractivity contribution in [2.45, 2.75) is 25.5 Å². The van der Waals surface area contributed by atoms with E-state index in [0.29, 0.717) is 6.61 Å². The van der Waals surface area contributed by atoms with E-state index in [9.17, 15) is 0 Å². The van der Waals surface area contributed by atoms with Crippen molar-refractivity contribution >= 4 is 0 Å². The largest absolute Gasteiger partial charge is 0.489 e. The van der Waals surface area contributed by atoms with Gasteiger partial charge in [-0.25, -0.2) is 0 Å². The first kappa shape index (κ1) is 15.2. The van der Waals surface area contributed by atoms with Crippen LogP contribution >= 0.6 is 0 Å². The lowest BCUT2D eigenvalue weighted by Crippen LogP contribution is -2.16. The maximum atomic E-state index is 5.86. The molecule has 1 atom stereocenters. The summed E-state index contributed by atoms with van der Waals surface area (Å²) < 4.78 is 5.86. The maximum absolute atomic E-state index is 5.86. The molecule has 0 heterocycles. The fourth-order valence-electron chi connectivity index (χ4n) is 2.27. The molecule has 0 aliphatic rings. The van der Waals surface area contributed by atoms with Gasteiger partial charge in [-0.2, -0.15) is 0 Å². The third-order valence-electron chi connectivity index (χ3n) is 3.43. The zero-order valence-corrected chi connectivity index (χ0v) is 12.4. The summed E-state index contributed by atoms with van der Waals surface area (Å²) in [5, 5.41) is 3.30. The summed E-state index contributed by atoms with van der Waals surface area (Å²) >= 11 is 0. The van der Waals surface area contributed by atoms with E-state index in [-0.39, 0.29) is 6.04 Å². The van der Waals surface area contributed by atoms with Crippen LogP contribution in [0.4, 0.5) is 0 Å². The molecule has 2 aromatic carbocycles. The molecule has 0 spiro atoms. The Labute approximate surface area is 127 Å². The lowest BCUT2D eigenvalue weighted by atomic mass is 10.0. The van der Waals surface area contributed by atoms with Crippen molar-refractivity contribution in [3.05, 3.63) is 65.7 Å². The molecule has 2 nitrogen and oxygen atoms in total. The Kier molecular flexibility index (Phi) is 5.87. The normalized spacial score (nSPS) is 11.6. The van der Waals surface area contributed by atoms with Gasteiger partial charge in [-0.1, -0.05) is 42.5 Å². The summed E-state index contributed by atoms with van der Waals surface area (Å²) in [4.78, 5) is 0. The van der Waals surface area contributed by atoms with E-state index < -0.39 is 0 Å². The van der Waals surface area contributed by atoms with Crippen molar-refractivity contribution in [2.75, 3.05) is 7.05 Å². The van der Waals surface area contributed by atoms with Gasteiger partial charge in [-0.05, 0) is 36.7 Å². The Bertz CT molecular complexity index is 586. The molecule has 2 heteroatoms. The Balaban J connectivity index is 2.01. The average molecular weight is 279 g/mol. The molecule has 0 aromatic heterocycles. The summed E-state index contributed by atoms with van der Waals surface area (Å²) in [7, 11) is 1.96. The van der Waals surface area contributed by atoms with Crippen molar-refractivity contribution < 1.29 is 4.74 Å². The lowest BCUT2D eigenvalue weighted by Gasteiger charge is -2.16. The molecular formula is C19H21NO. The minimum Gasteiger partial charge on any atom is -0.489 e. The van der Waals surface area contributed by atoms with Gasteiger partial charge in [0.25, 0.3) is 0 Å². The molecule has 1 N–H and O–H groups in total. The highest BCUT2D eigenvalue weighted by Crippen LogP contribution is 2.23. The number of nitrogens with one attached hydrogen (secondary N) is 1. The van der Waals surface area contributed by atoms with Crippen LogP contribution in [0.2, 0.25) is 0 Å². The molecule has 1 unspecified atom stereocenters. The second-order valence-electron chi connectivity index (χ2n) is 4.93. The summed E-state index contributed by atoms with van der Waals surface area (Å²) in [6, 6.07) is 18.6. The van der Waals surface area contributed by atoms with Gasteiger partial charge in [-0.15, -0.1) is 12.3 Å². The van der Waals surface area contributed by atoms with Crippen LogP contribution in [0, 0.1) is 12.3 Å². The maximum Gasteiger partial charge on any atom is 0.120 e. The molecule has 108 valence electrons. The summed E-state index contributed by atoms with van der Waals surface area (Å²) in [5.41, 5.74) is 2.37. The molecule has 21 heavy (non-hydrogen) atoms. The molecule has 0 bridgehead atoms. The minimum absolute atomic E-state index is 0.265. The molecular weight excluding hydrogens is 258 g/mol. The third-order valence-corrected chi connectivity index (χ3v) is 3.43. The van der Waals surface area contributed by atoms with Crippen LogP contribution in [0.5, 0.6) is 5.75 Å². The van der Waals surface area contributed by atoms with Gasteiger partial charge in [0, 0.05) is 12.5 Å². The fourth-order valence-corrected chi connectivity index (χ4v) is 2.27. The van der Waals surface area contributed by atoms with Crippen LogP contribution in [0.1, 0.15) is 30.0 Å². The Morgan fingerprint density at radius 3 is 2.67 bits per heavy atom. The van der Waals surface area contributed by atoms with Crippen LogP contribution in [0.3, 0.4) is 0 Å². The summed E-state index contributed by atoms with van der Waals surface area (Å²) in [6.07, 6.45) is 7.04. The Hall–Kier alpha value is -2.24. The first-order valence-corrected chi connectivity index (χ1v) is 7.21. The third kappa shape index (κ3) is 4.66. The van der Waals surface area contributed by atoms with Crippen LogP contribution in [-0.2, 0) is 6.61 Å². The molecule has 0 amide bonds. The SMILES string of the molecule is C#CCCC(NC)c1cccc(OCc2ccccc2)c1. The predicted molar refractivity (Wildman–Crippen MR) is 87.1 cm³/mol. The van der Waals surface area contributed by atoms with Gasteiger partial charge in [-0.3, -0.25) is 0 Å². The van der Waals surface area contributed by atoms with E-state index >= 15 is 0 Å². The van der Waals surface area contributed by atoms with Gasteiger partial charge in [0.15, 0.2) is 0 Å². The highest BCUT2D eigenvalue weighted by atomic mass is 16.5. The van der Waals surface area contributed by atoms with Crippen LogP contribution in [0.15, 0.2) is 54.6 Å². The molecule has 2 aromatic rings. The molecule has 0 aliphatic carbocycles. The first-order chi connectivity index (χ1) is 10.3. The van der Waals surface area contributed by atoms with Crippen molar-refractivity contribution in [1.29, 1.82) is 0 Å². The summed E-state index contributed by atoms with van der Waals surface area (Å²) in [6.45, 7) is 0.582. The van der Waals surface area contributed by atoms with E-state index in [2.05, 4.69) is 35.5 Å². The van der Waals surface area contributed by atoms with E-state index in [1.54, 1.807) is 0 Å². The number of terminal acetylenes is 1. The van der Waals surface area contributed by atoms with Gasteiger partial charge in [0.1, 0.15) is 12.4 Å². The number of benzene rings is 2. The van der Waals surface area contributed by atoms with Crippen molar-refractivity contribution in [3.8, 4) is 18.1 Å². The zero-order chi connectivity index (χ0) is 14.9. The van der Waals surface area contributed by atoms with E-state index in [1.807, 2.05) is 37.4 Å². The zero-order valence-electron chi connectivity index (χ0n) is 12.4. The standard InChI is InChI=1S/C19H21NO/c1-3-4-13-19(20-2)17-11-8-12-18(14-17)21-15-16-9-6-5-7-10-16/h1,5-12,14,19-20H,4,13,15H2,2H3. The van der Waals surface area contributed by atoms with E-state index in [0.717, 1.165) is 18.6 Å². The second-order valence-corrected chi connectivity index (χ2v) is 4.93. The van der Waals surface area contributed by atoms with Gasteiger partial charge < -0.3 is 10.1 Å². The quantitative estimate of drug-likeness (QED) is 0.775. The number of rotatable bonds is 7. The molecule has 0 radical (unpaired) electrons. The van der Waals surface area contributed by atoms with Crippen molar-refractivity contribution in [3.63, 3.8) is 0 Å². The minimum atomic E-state index is 0.265. The second kappa shape index (κ2) is 8.14. The van der Waals surface area contributed by atoms with E-state index in [1.165, 1.54) is 11.1 Å². The number of hydrogen-bond acceptors (Lipinski definition) is 2. The van der Waals surface area contributed by atoms with Crippen molar-refractivity contribution in [2.24, 2.45) is 0 Å². The molecule has 0 fully saturated rings. The Morgan fingerprint density at radius 2 is 1.95 bits per heavy atom. The Morgan fingerprint density at radius 1 is 1.14 bits per heavy atom. The molecule has 0 saturated carbocycles. The van der Waals surface area contributed by atoms with Crippen LogP contribution in [0.25, 0.3) is 0 Å². The molecule has 0 aliphatic heterocycles. The van der Waals surface area contributed by atoms with E-state index in [4.69, 9.17) is 11.2 Å². The lowest BCUT2D eigenvalue weighted by molar-refractivity contribution is 0.305. The number of ether oxygens (including phenoxy) is 1. The van der Waals surface area contributed by atoms with Crippen LogP contribution in [-0.4, -0.2) is 7.05 Å². The topological polar surface area (TPSA) is 21.3 Å². The van der Waals surface area contributed by atoms with Gasteiger partial charge >= 0.3 is 0 Å². The monoisotopic (exact) mass is 279 g/mol. The average Bonchev–Trinajstić information content (AvgIpc) is 2.55. The molecule has 2 rings (SSSR count). The van der Waals surface area contributed by atoms with Crippen molar-refractivity contribution in [1.82, 2.24) is 5.32 Å². The van der Waals surface area contributed by atoms with Gasteiger partial charge in [0.05, 0.1) is 0 Å². The summed E-state index contributed by atoms with van der Waals surface area (Å²) in [5.74, 6) is 3.58. The highest BCUT2D eigenvalue weighted by Gasteiger charge is 2.09. The highest BCUT2D eigenvalue weighted by molar-refractivity contribution is 5.31. The number of hydrogen-bond donors (Lipinski definition) is 1. The van der Waals surface area contributed by atoms with Crippen LogP contribution < -0.4 is 10.1 Å². The smallest absolute Gasteiger partial charge is 0.120 e. The first-order valence-electron chi connectivity index (χ1n) is 7.21. The molecule has 0 saturated heterocycles. The fraction of sp³-hybridized carbons (Fsp3) is 0.263. The van der Waals surface area contributed by atoms with Gasteiger partial charge in [0.2, 0.25) is 0 Å². The predicted octanol–water partition coefficient (Wildman–Crippen LogP) is 3.94.